The molecule has 5 aromatic heterocycles. The molecule has 0 aliphatic carbocycles. The average molecular weight is 510 g/mol. The quantitative estimate of drug-likeness (QED) is 0.332. The molecule has 0 atom stereocenters. The zero-order valence-electron chi connectivity index (χ0n) is 21.4. The van der Waals surface area contributed by atoms with Crippen molar-refractivity contribution in [3.63, 3.8) is 0 Å². The second-order valence-electron chi connectivity index (χ2n) is 10.2. The highest BCUT2D eigenvalue weighted by molar-refractivity contribution is 5.95. The van der Waals surface area contributed by atoms with E-state index in [1.807, 2.05) is 30.7 Å². The van der Waals surface area contributed by atoms with Gasteiger partial charge in [-0.3, -0.25) is 20.0 Å². The Bertz CT molecular complexity index is 1560. The van der Waals surface area contributed by atoms with Gasteiger partial charge in [0.2, 0.25) is 0 Å². The summed E-state index contributed by atoms with van der Waals surface area (Å²) in [6.07, 6.45) is 13.5. The van der Waals surface area contributed by atoms with E-state index in [-0.39, 0.29) is 0 Å². The fourth-order valence-electron chi connectivity index (χ4n) is 5.60. The Kier molecular flexibility index (Phi) is 6.09. The Balaban J connectivity index is 1.18. The van der Waals surface area contributed by atoms with Gasteiger partial charge in [-0.25, -0.2) is 9.97 Å². The molecule has 2 aliphatic heterocycles. The van der Waals surface area contributed by atoms with Gasteiger partial charge in [0.1, 0.15) is 23.6 Å². The van der Waals surface area contributed by atoms with Crippen molar-refractivity contribution in [2.75, 3.05) is 44.2 Å². The Morgan fingerprint density at radius 1 is 0.921 bits per heavy atom. The van der Waals surface area contributed by atoms with Gasteiger partial charge in [0.25, 0.3) is 0 Å². The van der Waals surface area contributed by atoms with E-state index < -0.39 is 0 Å². The van der Waals surface area contributed by atoms with E-state index in [0.717, 1.165) is 64.4 Å². The van der Waals surface area contributed by atoms with Crippen molar-refractivity contribution < 1.29 is 4.74 Å². The second kappa shape index (κ2) is 10.0. The fourth-order valence-corrected chi connectivity index (χ4v) is 5.60. The molecule has 10 heteroatoms. The largest absolute Gasteiger partial charge is 0.491 e. The lowest BCUT2D eigenvalue weighted by Gasteiger charge is -2.28. The molecule has 0 saturated carbocycles. The van der Waals surface area contributed by atoms with E-state index >= 15 is 0 Å². The number of likely N-dealkylation sites (tertiary alicyclic amines) is 1. The summed E-state index contributed by atoms with van der Waals surface area (Å²) in [6, 6.07) is 6.11. The number of imidazole rings is 1. The number of rotatable bonds is 7. The van der Waals surface area contributed by atoms with Gasteiger partial charge in [-0.05, 0) is 63.4 Å². The third-order valence-electron chi connectivity index (χ3n) is 7.62. The summed E-state index contributed by atoms with van der Waals surface area (Å²) in [4.78, 5) is 26.8. The predicted octanol–water partition coefficient (Wildman–Crippen LogP) is 4.42. The molecule has 2 saturated heterocycles. The number of aromatic amines is 2. The third-order valence-corrected chi connectivity index (χ3v) is 7.62. The number of nitrogens with zero attached hydrogens (tertiary/aromatic N) is 7. The summed E-state index contributed by atoms with van der Waals surface area (Å²) in [5, 5.41) is 8.63. The van der Waals surface area contributed by atoms with Gasteiger partial charge in [0.15, 0.2) is 11.5 Å². The minimum absolute atomic E-state index is 0.656. The summed E-state index contributed by atoms with van der Waals surface area (Å²) in [5.74, 6) is 1.45. The molecule has 0 aromatic carbocycles. The normalized spacial score (nSPS) is 16.6. The van der Waals surface area contributed by atoms with Gasteiger partial charge in [-0.2, -0.15) is 5.10 Å². The molecule has 2 aliphatic rings. The smallest absolute Gasteiger partial charge is 0.180 e. The molecule has 0 amide bonds. The number of anilines is 1. The molecule has 0 bridgehead atoms. The van der Waals surface area contributed by atoms with E-state index in [1.165, 1.54) is 45.2 Å². The topological polar surface area (TPSA) is 112 Å². The lowest BCUT2D eigenvalue weighted by molar-refractivity contribution is 0.237. The molecule has 2 fully saturated rings. The maximum absolute atomic E-state index is 6.01. The van der Waals surface area contributed by atoms with Crippen LogP contribution in [0.2, 0.25) is 0 Å². The molecule has 7 heterocycles. The van der Waals surface area contributed by atoms with E-state index in [0.29, 0.717) is 18.1 Å². The maximum atomic E-state index is 6.01. The van der Waals surface area contributed by atoms with Crippen LogP contribution in [0, 0.1) is 0 Å². The molecule has 38 heavy (non-hydrogen) atoms. The fraction of sp³-hybridized carbons (Fsp3) is 0.393. The zero-order chi connectivity index (χ0) is 25.3. The standard InChI is InChI=1S/C28H31N9O/c1-2-10-37(11-3-1)24-6-7-30-27-26(24)32-28(33-27)25-21-15-22(31-18-23(21)34-35-25)19-14-20(17-29-16-19)38-13-12-36-8-4-5-9-36/h6-7,14-18H,1-5,8-13H2,(H,34,35)(H,30,32,33). The van der Waals surface area contributed by atoms with Crippen LogP contribution in [-0.2, 0) is 0 Å². The van der Waals surface area contributed by atoms with Crippen LogP contribution < -0.4 is 9.64 Å². The lowest BCUT2D eigenvalue weighted by Crippen LogP contribution is -2.29. The Hall–Kier alpha value is -4.05. The van der Waals surface area contributed by atoms with Crippen LogP contribution in [0.4, 0.5) is 5.69 Å². The molecule has 5 aromatic rings. The number of H-pyrrole nitrogens is 2. The molecule has 2 N–H and O–H groups in total. The highest BCUT2D eigenvalue weighted by atomic mass is 16.5. The van der Waals surface area contributed by atoms with Gasteiger partial charge in [-0.1, -0.05) is 0 Å². The van der Waals surface area contributed by atoms with Crippen molar-refractivity contribution in [2.24, 2.45) is 0 Å². The molecule has 10 nitrogen and oxygen atoms in total. The van der Waals surface area contributed by atoms with Crippen molar-refractivity contribution in [3.8, 4) is 28.5 Å². The van der Waals surface area contributed by atoms with Crippen LogP contribution >= 0.6 is 0 Å². The van der Waals surface area contributed by atoms with Gasteiger partial charge in [-0.15, -0.1) is 0 Å². The van der Waals surface area contributed by atoms with Gasteiger partial charge in [0.05, 0.1) is 29.3 Å². The zero-order valence-corrected chi connectivity index (χ0v) is 21.4. The first-order valence-electron chi connectivity index (χ1n) is 13.6. The van der Waals surface area contributed by atoms with Crippen LogP contribution in [0.3, 0.4) is 0 Å². The monoisotopic (exact) mass is 509 g/mol. The van der Waals surface area contributed by atoms with Crippen LogP contribution in [0.1, 0.15) is 32.1 Å². The minimum atomic E-state index is 0.656. The van der Waals surface area contributed by atoms with Crippen LogP contribution in [0.25, 0.3) is 44.8 Å². The number of nitrogens with one attached hydrogen (secondary N) is 2. The Labute approximate surface area is 220 Å². The summed E-state index contributed by atoms with van der Waals surface area (Å²) >= 11 is 0. The number of piperidine rings is 1. The van der Waals surface area contributed by atoms with Crippen molar-refractivity contribution in [1.82, 2.24) is 40.0 Å². The van der Waals surface area contributed by atoms with Crippen molar-refractivity contribution in [1.29, 1.82) is 0 Å². The first kappa shape index (κ1) is 23.1. The Morgan fingerprint density at radius 2 is 1.79 bits per heavy atom. The predicted molar refractivity (Wildman–Crippen MR) is 147 cm³/mol. The third kappa shape index (κ3) is 4.45. The minimum Gasteiger partial charge on any atom is -0.491 e. The van der Waals surface area contributed by atoms with Crippen LogP contribution in [0.5, 0.6) is 5.75 Å². The molecule has 0 unspecified atom stereocenters. The molecule has 194 valence electrons. The molecule has 0 radical (unpaired) electrons. The van der Waals surface area contributed by atoms with Gasteiger partial charge >= 0.3 is 0 Å². The highest BCUT2D eigenvalue weighted by Crippen LogP contribution is 2.32. The molecular weight excluding hydrogens is 478 g/mol. The summed E-state index contributed by atoms with van der Waals surface area (Å²) in [6.45, 7) is 6.05. The SMILES string of the molecule is c1cc(N2CCCCC2)c2[nH]c(-c3n[nH]c4cnc(-c5cncc(OCCN6CCCC6)c5)cc34)nc2n1. The second-order valence-corrected chi connectivity index (χ2v) is 10.2. The van der Waals surface area contributed by atoms with E-state index in [9.17, 15) is 0 Å². The number of pyridine rings is 3. The van der Waals surface area contributed by atoms with E-state index in [1.54, 1.807) is 6.20 Å². The van der Waals surface area contributed by atoms with Crippen LogP contribution in [0.15, 0.2) is 43.0 Å². The number of fused-ring (bicyclic) bond motifs is 2. The summed E-state index contributed by atoms with van der Waals surface area (Å²) in [7, 11) is 0. The van der Waals surface area contributed by atoms with Gasteiger partial charge < -0.3 is 14.6 Å². The first-order valence-corrected chi connectivity index (χ1v) is 13.6. The lowest BCUT2D eigenvalue weighted by atomic mass is 10.1. The summed E-state index contributed by atoms with van der Waals surface area (Å²) < 4.78 is 6.01. The van der Waals surface area contributed by atoms with E-state index in [4.69, 9.17) is 9.72 Å². The van der Waals surface area contributed by atoms with E-state index in [2.05, 4.69) is 46.0 Å². The van der Waals surface area contributed by atoms with Crippen molar-refractivity contribution in [3.05, 3.63) is 43.0 Å². The molecule has 7 rings (SSSR count). The Morgan fingerprint density at radius 3 is 2.68 bits per heavy atom. The highest BCUT2D eigenvalue weighted by Gasteiger charge is 2.19. The number of aromatic nitrogens is 7. The first-order chi connectivity index (χ1) is 18.8. The number of ether oxygens (including phenoxy) is 1. The molecular formula is C28H31N9O. The number of hydrogen-bond acceptors (Lipinski definition) is 8. The number of hydrogen-bond donors (Lipinski definition) is 2. The van der Waals surface area contributed by atoms with Crippen molar-refractivity contribution >= 4 is 27.8 Å². The average Bonchev–Trinajstić information content (AvgIpc) is 3.73. The van der Waals surface area contributed by atoms with Gasteiger partial charge in [0, 0.05) is 43.0 Å². The van der Waals surface area contributed by atoms with Crippen molar-refractivity contribution in [2.45, 2.75) is 32.1 Å². The molecule has 0 spiro atoms. The maximum Gasteiger partial charge on any atom is 0.180 e. The van der Waals surface area contributed by atoms with Crippen LogP contribution in [-0.4, -0.2) is 79.3 Å². The summed E-state index contributed by atoms with van der Waals surface area (Å²) in [5.41, 5.74) is 6.12.